The summed E-state index contributed by atoms with van der Waals surface area (Å²) < 4.78 is 10.5. The quantitative estimate of drug-likeness (QED) is 0.733. The van der Waals surface area contributed by atoms with Gasteiger partial charge in [0.25, 0.3) is 0 Å². The molecule has 0 spiro atoms. The number of hydrogen-bond donors (Lipinski definition) is 2. The first-order valence-corrected chi connectivity index (χ1v) is 6.26. The summed E-state index contributed by atoms with van der Waals surface area (Å²) in [5.41, 5.74) is 0.861. The van der Waals surface area contributed by atoms with Gasteiger partial charge in [-0.05, 0) is 26.8 Å². The molecular weight excluding hydrogens is 230 g/mol. The fourth-order valence-electron chi connectivity index (χ4n) is 1.70. The lowest BCUT2D eigenvalue weighted by molar-refractivity contribution is 0.0796. The molecule has 0 amide bonds. The maximum atomic E-state index is 9.89. The molecule has 4 heteroatoms. The van der Waals surface area contributed by atoms with Crippen molar-refractivity contribution in [1.82, 2.24) is 5.32 Å². The van der Waals surface area contributed by atoms with Crippen LogP contribution in [0.5, 0.6) is 11.5 Å². The summed E-state index contributed by atoms with van der Waals surface area (Å²) in [6.07, 6.45) is 0.247. The second kappa shape index (κ2) is 7.24. The maximum Gasteiger partial charge on any atom is 0.124 e. The normalized spacial score (nSPS) is 12.7. The SMILES string of the molecule is COc1ccc(C(C)NCCOC(C)C)c(O)c1. The number of ether oxygens (including phenoxy) is 2. The Balaban J connectivity index is 2.48. The van der Waals surface area contributed by atoms with Gasteiger partial charge in [-0.25, -0.2) is 0 Å². The van der Waals surface area contributed by atoms with E-state index in [4.69, 9.17) is 9.47 Å². The maximum absolute atomic E-state index is 9.89. The summed E-state index contributed by atoms with van der Waals surface area (Å²) in [4.78, 5) is 0. The first-order chi connectivity index (χ1) is 8.54. The summed E-state index contributed by atoms with van der Waals surface area (Å²) in [5, 5.41) is 13.2. The molecule has 1 unspecified atom stereocenters. The van der Waals surface area contributed by atoms with Crippen molar-refractivity contribution in [3.05, 3.63) is 23.8 Å². The van der Waals surface area contributed by atoms with E-state index in [1.165, 1.54) is 0 Å². The van der Waals surface area contributed by atoms with Crippen molar-refractivity contribution in [2.24, 2.45) is 0 Å². The molecule has 0 fully saturated rings. The Bertz CT molecular complexity index is 366. The van der Waals surface area contributed by atoms with Crippen molar-refractivity contribution in [2.75, 3.05) is 20.3 Å². The second-order valence-corrected chi connectivity index (χ2v) is 4.52. The van der Waals surface area contributed by atoms with Gasteiger partial charge in [-0.2, -0.15) is 0 Å². The summed E-state index contributed by atoms with van der Waals surface area (Å²) in [5.74, 6) is 0.908. The minimum absolute atomic E-state index is 0.0756. The van der Waals surface area contributed by atoms with Crippen LogP contribution in [0.1, 0.15) is 32.4 Å². The monoisotopic (exact) mass is 253 g/mol. The van der Waals surface area contributed by atoms with Crippen molar-refractivity contribution >= 4 is 0 Å². The molecule has 0 bridgehead atoms. The predicted molar refractivity (Wildman–Crippen MR) is 72.2 cm³/mol. The van der Waals surface area contributed by atoms with Crippen LogP contribution in [0.4, 0.5) is 0 Å². The average Bonchev–Trinajstić information content (AvgIpc) is 2.33. The van der Waals surface area contributed by atoms with Crippen LogP contribution in [0, 0.1) is 0 Å². The minimum Gasteiger partial charge on any atom is -0.507 e. The van der Waals surface area contributed by atoms with Crippen LogP contribution in [0.2, 0.25) is 0 Å². The molecule has 0 aliphatic rings. The topological polar surface area (TPSA) is 50.7 Å². The van der Waals surface area contributed by atoms with Gasteiger partial charge in [0.05, 0.1) is 19.8 Å². The number of phenolic OH excluding ortho intramolecular Hbond substituents is 1. The van der Waals surface area contributed by atoms with Crippen molar-refractivity contribution < 1.29 is 14.6 Å². The molecule has 0 aliphatic heterocycles. The Kier molecular flexibility index (Phi) is 5.95. The molecule has 0 radical (unpaired) electrons. The smallest absolute Gasteiger partial charge is 0.124 e. The minimum atomic E-state index is 0.0756. The third-order valence-electron chi connectivity index (χ3n) is 2.71. The lowest BCUT2D eigenvalue weighted by atomic mass is 10.1. The van der Waals surface area contributed by atoms with Crippen LogP contribution in [-0.2, 0) is 4.74 Å². The largest absolute Gasteiger partial charge is 0.507 e. The molecule has 1 rings (SSSR count). The number of methoxy groups -OCH3 is 1. The van der Waals surface area contributed by atoms with Gasteiger partial charge in [0.15, 0.2) is 0 Å². The number of benzene rings is 1. The molecule has 18 heavy (non-hydrogen) atoms. The van der Waals surface area contributed by atoms with E-state index in [9.17, 15) is 5.11 Å². The third-order valence-corrected chi connectivity index (χ3v) is 2.71. The number of aromatic hydroxyl groups is 1. The molecule has 0 aliphatic carbocycles. The van der Waals surface area contributed by atoms with Gasteiger partial charge in [0.2, 0.25) is 0 Å². The number of rotatable bonds is 7. The van der Waals surface area contributed by atoms with Crippen LogP contribution in [-0.4, -0.2) is 31.5 Å². The van der Waals surface area contributed by atoms with E-state index < -0.39 is 0 Å². The zero-order chi connectivity index (χ0) is 13.5. The van der Waals surface area contributed by atoms with Crippen molar-refractivity contribution in [1.29, 1.82) is 0 Å². The van der Waals surface area contributed by atoms with Crippen LogP contribution in [0.15, 0.2) is 18.2 Å². The van der Waals surface area contributed by atoms with Gasteiger partial charge in [-0.1, -0.05) is 6.07 Å². The molecule has 0 aromatic heterocycles. The molecule has 0 heterocycles. The summed E-state index contributed by atoms with van der Waals surface area (Å²) >= 11 is 0. The fraction of sp³-hybridized carbons (Fsp3) is 0.571. The summed E-state index contributed by atoms with van der Waals surface area (Å²) in [7, 11) is 1.58. The molecule has 1 aromatic rings. The molecular formula is C14H23NO3. The van der Waals surface area contributed by atoms with E-state index >= 15 is 0 Å². The van der Waals surface area contributed by atoms with Gasteiger partial charge in [0, 0.05) is 24.2 Å². The highest BCUT2D eigenvalue weighted by molar-refractivity contribution is 5.41. The van der Waals surface area contributed by atoms with Crippen molar-refractivity contribution in [3.8, 4) is 11.5 Å². The van der Waals surface area contributed by atoms with Gasteiger partial charge in [0.1, 0.15) is 11.5 Å². The summed E-state index contributed by atoms with van der Waals surface area (Å²) in [6, 6.07) is 5.41. The van der Waals surface area contributed by atoms with E-state index in [1.54, 1.807) is 13.2 Å². The van der Waals surface area contributed by atoms with Crippen molar-refractivity contribution in [3.63, 3.8) is 0 Å². The van der Waals surface area contributed by atoms with Gasteiger partial charge < -0.3 is 19.9 Å². The number of nitrogens with one attached hydrogen (secondary N) is 1. The highest BCUT2D eigenvalue weighted by Gasteiger charge is 2.10. The van der Waals surface area contributed by atoms with Crippen LogP contribution in [0.3, 0.4) is 0 Å². The molecule has 1 aromatic carbocycles. The zero-order valence-electron chi connectivity index (χ0n) is 11.6. The molecule has 0 saturated carbocycles. The Labute approximate surface area is 109 Å². The van der Waals surface area contributed by atoms with E-state index in [0.29, 0.717) is 12.4 Å². The van der Waals surface area contributed by atoms with Crippen LogP contribution < -0.4 is 10.1 Å². The molecule has 2 N–H and O–H groups in total. The third kappa shape index (κ3) is 4.55. The van der Waals surface area contributed by atoms with Gasteiger partial charge in [-0.3, -0.25) is 0 Å². The Hall–Kier alpha value is -1.26. The standard InChI is InChI=1S/C14H23NO3/c1-10(2)18-8-7-15-11(3)13-6-5-12(17-4)9-14(13)16/h5-6,9-11,15-16H,7-8H2,1-4H3. The highest BCUT2D eigenvalue weighted by atomic mass is 16.5. The fourth-order valence-corrected chi connectivity index (χ4v) is 1.70. The lowest BCUT2D eigenvalue weighted by Crippen LogP contribution is -2.24. The Morgan fingerprint density at radius 2 is 2.00 bits per heavy atom. The van der Waals surface area contributed by atoms with Crippen LogP contribution in [0.25, 0.3) is 0 Å². The predicted octanol–water partition coefficient (Wildman–Crippen LogP) is 2.48. The second-order valence-electron chi connectivity index (χ2n) is 4.52. The number of hydrogen-bond acceptors (Lipinski definition) is 4. The van der Waals surface area contributed by atoms with E-state index in [1.807, 2.05) is 32.9 Å². The molecule has 102 valence electrons. The lowest BCUT2D eigenvalue weighted by Gasteiger charge is -2.17. The molecule has 1 atom stereocenters. The van der Waals surface area contributed by atoms with Gasteiger partial charge in [-0.15, -0.1) is 0 Å². The first-order valence-electron chi connectivity index (χ1n) is 6.26. The first kappa shape index (κ1) is 14.8. The summed E-state index contributed by atoms with van der Waals surface area (Å²) in [6.45, 7) is 7.46. The van der Waals surface area contributed by atoms with E-state index in [0.717, 1.165) is 12.1 Å². The average molecular weight is 253 g/mol. The highest BCUT2D eigenvalue weighted by Crippen LogP contribution is 2.28. The van der Waals surface area contributed by atoms with E-state index in [-0.39, 0.29) is 17.9 Å². The Morgan fingerprint density at radius 3 is 2.56 bits per heavy atom. The molecule has 0 saturated heterocycles. The Morgan fingerprint density at radius 1 is 1.28 bits per heavy atom. The zero-order valence-corrected chi connectivity index (χ0v) is 11.6. The van der Waals surface area contributed by atoms with Crippen molar-refractivity contribution in [2.45, 2.75) is 32.9 Å². The van der Waals surface area contributed by atoms with Gasteiger partial charge >= 0.3 is 0 Å². The number of phenols is 1. The molecule has 4 nitrogen and oxygen atoms in total. The van der Waals surface area contributed by atoms with Crippen LogP contribution >= 0.6 is 0 Å². The van der Waals surface area contributed by atoms with E-state index in [2.05, 4.69) is 5.32 Å².